The molecule has 0 radical (unpaired) electrons. The van der Waals surface area contributed by atoms with Crippen molar-refractivity contribution in [3.63, 3.8) is 0 Å². The highest BCUT2D eigenvalue weighted by atomic mass is 32.2. The maximum atomic E-state index is 12.8. The van der Waals surface area contributed by atoms with Crippen LogP contribution in [0, 0.1) is 0 Å². The summed E-state index contributed by atoms with van der Waals surface area (Å²) in [4.78, 5) is 9.35. The van der Waals surface area contributed by atoms with E-state index in [2.05, 4.69) is 20.4 Å². The van der Waals surface area contributed by atoms with E-state index in [0.717, 1.165) is 29.6 Å². The smallest absolute Gasteiger partial charge is 0.243 e. The van der Waals surface area contributed by atoms with Crippen molar-refractivity contribution in [3.8, 4) is 0 Å². The molecular formula is C21H26N6O3S. The molecule has 31 heavy (non-hydrogen) atoms. The van der Waals surface area contributed by atoms with Gasteiger partial charge < -0.3 is 10.1 Å². The molecule has 1 aliphatic carbocycles. The van der Waals surface area contributed by atoms with Crippen molar-refractivity contribution in [2.45, 2.75) is 43.0 Å². The molecular weight excluding hydrogens is 416 g/mol. The Morgan fingerprint density at radius 2 is 1.74 bits per heavy atom. The lowest BCUT2D eigenvalue weighted by atomic mass is 9.96. The third-order valence-electron chi connectivity index (χ3n) is 5.97. The summed E-state index contributed by atoms with van der Waals surface area (Å²) in [6.45, 7) is 1.61. The maximum Gasteiger partial charge on any atom is 0.243 e. The predicted octanol–water partition coefficient (Wildman–Crippen LogP) is 3.10. The zero-order valence-electron chi connectivity index (χ0n) is 17.3. The minimum atomic E-state index is -3.51. The molecule has 2 aromatic heterocycles. The van der Waals surface area contributed by atoms with E-state index in [9.17, 15) is 8.42 Å². The van der Waals surface area contributed by atoms with E-state index < -0.39 is 10.0 Å². The topological polar surface area (TPSA) is 102 Å². The molecule has 0 bridgehead atoms. The fourth-order valence-electron chi connectivity index (χ4n) is 4.26. The first-order chi connectivity index (χ1) is 15.1. The van der Waals surface area contributed by atoms with Gasteiger partial charge in [-0.15, -0.1) is 0 Å². The second-order valence-electron chi connectivity index (χ2n) is 8.02. The molecule has 0 spiro atoms. The number of fused-ring (bicyclic) bond motifs is 1. The number of anilines is 2. The van der Waals surface area contributed by atoms with Crippen LogP contribution >= 0.6 is 0 Å². The van der Waals surface area contributed by atoms with Gasteiger partial charge in [-0.2, -0.15) is 14.4 Å². The molecule has 1 N–H and O–H groups in total. The van der Waals surface area contributed by atoms with Gasteiger partial charge in [0.15, 0.2) is 5.65 Å². The summed E-state index contributed by atoms with van der Waals surface area (Å²) < 4.78 is 34.3. The number of nitrogens with zero attached hydrogens (tertiary/aromatic N) is 5. The molecule has 3 heterocycles. The minimum Gasteiger partial charge on any atom is -0.379 e. The molecule has 2 aliphatic rings. The van der Waals surface area contributed by atoms with E-state index in [1.165, 1.54) is 23.6 Å². The molecule has 164 valence electrons. The van der Waals surface area contributed by atoms with Crippen LogP contribution in [-0.4, -0.2) is 58.8 Å². The summed E-state index contributed by atoms with van der Waals surface area (Å²) in [5, 5.41) is 8.66. The molecule has 1 aromatic carbocycles. The Balaban J connectivity index is 1.35. The normalized spacial score (nSPS) is 19.0. The van der Waals surface area contributed by atoms with Crippen LogP contribution in [0.1, 0.15) is 38.1 Å². The Morgan fingerprint density at radius 1 is 1.00 bits per heavy atom. The number of hydrogen-bond donors (Lipinski definition) is 1. The fraction of sp³-hybridized carbons (Fsp3) is 0.476. The van der Waals surface area contributed by atoms with E-state index in [4.69, 9.17) is 4.74 Å². The Morgan fingerprint density at radius 3 is 2.48 bits per heavy atom. The van der Waals surface area contributed by atoms with Crippen molar-refractivity contribution in [2.75, 3.05) is 31.6 Å². The van der Waals surface area contributed by atoms with Crippen molar-refractivity contribution in [2.24, 2.45) is 0 Å². The van der Waals surface area contributed by atoms with Gasteiger partial charge in [-0.05, 0) is 37.1 Å². The van der Waals surface area contributed by atoms with Gasteiger partial charge in [-0.1, -0.05) is 19.3 Å². The third-order valence-corrected chi connectivity index (χ3v) is 7.89. The van der Waals surface area contributed by atoms with Crippen LogP contribution in [0.3, 0.4) is 0 Å². The summed E-state index contributed by atoms with van der Waals surface area (Å²) in [5.74, 6) is 0.467. The highest BCUT2D eigenvalue weighted by Gasteiger charge is 2.26. The summed E-state index contributed by atoms with van der Waals surface area (Å²) >= 11 is 0. The molecule has 3 aromatic rings. The van der Waals surface area contributed by atoms with E-state index in [0.29, 0.717) is 38.3 Å². The molecule has 0 amide bonds. The van der Waals surface area contributed by atoms with Crippen molar-refractivity contribution in [1.29, 1.82) is 0 Å². The summed E-state index contributed by atoms with van der Waals surface area (Å²) in [5.41, 5.74) is 1.56. The van der Waals surface area contributed by atoms with Gasteiger partial charge in [0, 0.05) is 25.0 Å². The largest absolute Gasteiger partial charge is 0.379 e. The lowest BCUT2D eigenvalue weighted by molar-refractivity contribution is 0.0730. The SMILES string of the molecule is O=S(=O)(c1ccc(Nc2ncc3cnn(C4CCCCC4)c3n2)cc1)N1CCOCC1. The highest BCUT2D eigenvalue weighted by Crippen LogP contribution is 2.30. The number of rotatable bonds is 5. The first kappa shape index (κ1) is 20.3. The van der Waals surface area contributed by atoms with Crippen LogP contribution in [0.4, 0.5) is 11.6 Å². The van der Waals surface area contributed by atoms with Gasteiger partial charge in [0.05, 0.1) is 35.7 Å². The van der Waals surface area contributed by atoms with Crippen LogP contribution in [0.25, 0.3) is 11.0 Å². The average Bonchev–Trinajstić information content (AvgIpc) is 3.24. The van der Waals surface area contributed by atoms with E-state index in [1.807, 2.05) is 10.9 Å². The quantitative estimate of drug-likeness (QED) is 0.648. The third kappa shape index (κ3) is 4.15. The molecule has 1 aliphatic heterocycles. The van der Waals surface area contributed by atoms with Gasteiger partial charge in [0.1, 0.15) is 0 Å². The maximum absolute atomic E-state index is 12.8. The van der Waals surface area contributed by atoms with E-state index >= 15 is 0 Å². The summed E-state index contributed by atoms with van der Waals surface area (Å²) in [6.07, 6.45) is 9.58. The summed E-state index contributed by atoms with van der Waals surface area (Å²) in [6, 6.07) is 7.08. The first-order valence-electron chi connectivity index (χ1n) is 10.8. The Bertz CT molecular complexity index is 1150. The lowest BCUT2D eigenvalue weighted by Gasteiger charge is -2.26. The minimum absolute atomic E-state index is 0.270. The lowest BCUT2D eigenvalue weighted by Crippen LogP contribution is -2.40. The van der Waals surface area contributed by atoms with Crippen LogP contribution in [0.2, 0.25) is 0 Å². The first-order valence-corrected chi connectivity index (χ1v) is 12.2. The monoisotopic (exact) mass is 442 g/mol. The number of sulfonamides is 1. The highest BCUT2D eigenvalue weighted by molar-refractivity contribution is 7.89. The number of ether oxygens (including phenoxy) is 1. The molecule has 10 heteroatoms. The van der Waals surface area contributed by atoms with Crippen LogP contribution in [-0.2, 0) is 14.8 Å². The predicted molar refractivity (Wildman–Crippen MR) is 117 cm³/mol. The van der Waals surface area contributed by atoms with E-state index in [-0.39, 0.29) is 4.90 Å². The van der Waals surface area contributed by atoms with Crippen LogP contribution in [0.5, 0.6) is 0 Å². The second kappa shape index (κ2) is 8.52. The molecule has 9 nitrogen and oxygen atoms in total. The Hall–Kier alpha value is -2.56. The number of hydrogen-bond acceptors (Lipinski definition) is 7. The molecule has 0 atom stereocenters. The average molecular weight is 443 g/mol. The molecule has 5 rings (SSSR count). The van der Waals surface area contributed by atoms with Crippen LogP contribution in [0.15, 0.2) is 41.6 Å². The standard InChI is InChI=1S/C21H26N6O3S/c28-31(29,26-10-12-30-13-11-26)19-8-6-17(7-9-19)24-21-22-14-16-15-23-27(20(16)25-21)18-4-2-1-3-5-18/h6-9,14-15,18H,1-5,10-13H2,(H,22,24,25). The fourth-order valence-corrected chi connectivity index (χ4v) is 5.67. The Kier molecular flexibility index (Phi) is 5.59. The zero-order valence-corrected chi connectivity index (χ0v) is 18.1. The van der Waals surface area contributed by atoms with Gasteiger partial charge >= 0.3 is 0 Å². The van der Waals surface area contributed by atoms with Crippen molar-refractivity contribution in [3.05, 3.63) is 36.7 Å². The zero-order chi connectivity index (χ0) is 21.3. The number of aromatic nitrogens is 4. The second-order valence-corrected chi connectivity index (χ2v) is 9.96. The van der Waals surface area contributed by atoms with Gasteiger partial charge in [0.25, 0.3) is 0 Å². The number of morpholine rings is 1. The summed E-state index contributed by atoms with van der Waals surface area (Å²) in [7, 11) is -3.51. The van der Waals surface area contributed by atoms with Crippen molar-refractivity contribution >= 4 is 32.7 Å². The van der Waals surface area contributed by atoms with Gasteiger partial charge in [0.2, 0.25) is 16.0 Å². The molecule has 2 fully saturated rings. The van der Waals surface area contributed by atoms with E-state index in [1.54, 1.807) is 30.5 Å². The van der Waals surface area contributed by atoms with Gasteiger partial charge in [-0.25, -0.2) is 18.1 Å². The van der Waals surface area contributed by atoms with Crippen molar-refractivity contribution in [1.82, 2.24) is 24.1 Å². The Labute approximate surface area is 181 Å². The number of nitrogens with one attached hydrogen (secondary N) is 1. The molecule has 1 saturated carbocycles. The molecule has 0 unspecified atom stereocenters. The van der Waals surface area contributed by atoms with Crippen LogP contribution < -0.4 is 5.32 Å². The van der Waals surface area contributed by atoms with Gasteiger partial charge in [-0.3, -0.25) is 0 Å². The number of benzene rings is 1. The van der Waals surface area contributed by atoms with Crippen molar-refractivity contribution < 1.29 is 13.2 Å². The molecule has 1 saturated heterocycles.